The van der Waals surface area contributed by atoms with Gasteiger partial charge in [0.1, 0.15) is 0 Å². The second kappa shape index (κ2) is 8.27. The van der Waals surface area contributed by atoms with Gasteiger partial charge in [-0.3, -0.25) is 4.79 Å². The van der Waals surface area contributed by atoms with E-state index < -0.39 is 0 Å². The van der Waals surface area contributed by atoms with Crippen LogP contribution in [0.15, 0.2) is 57.5 Å². The molecule has 0 aliphatic rings. The number of rotatable bonds is 6. The molecule has 0 bridgehead atoms. The molecular weight excluding hydrogens is 378 g/mol. The van der Waals surface area contributed by atoms with E-state index in [1.165, 1.54) is 11.8 Å². The fourth-order valence-corrected chi connectivity index (χ4v) is 3.98. The van der Waals surface area contributed by atoms with E-state index in [1.807, 2.05) is 80.4 Å². The molecule has 2 aromatic heterocycles. The summed E-state index contributed by atoms with van der Waals surface area (Å²) in [6.07, 6.45) is 0. The summed E-state index contributed by atoms with van der Waals surface area (Å²) in [7, 11) is 0. The number of carbonyl (C=O) groups is 1. The highest BCUT2D eigenvalue weighted by Gasteiger charge is 2.31. The van der Waals surface area contributed by atoms with Gasteiger partial charge in [0, 0.05) is 12.1 Å². The maximum atomic E-state index is 13.2. The Morgan fingerprint density at radius 2 is 1.93 bits per heavy atom. The van der Waals surface area contributed by atoms with Crippen LogP contribution >= 0.6 is 23.1 Å². The minimum Gasteiger partial charge on any atom is -0.410 e. The van der Waals surface area contributed by atoms with E-state index >= 15 is 0 Å². The molecule has 0 aliphatic heterocycles. The molecular formula is C20H23N3O2S2. The summed E-state index contributed by atoms with van der Waals surface area (Å²) < 4.78 is 5.71. The smallest absolute Gasteiger partial charge is 0.277 e. The molecule has 5 nitrogen and oxygen atoms in total. The summed E-state index contributed by atoms with van der Waals surface area (Å²) in [6.45, 7) is 8.59. The van der Waals surface area contributed by atoms with Gasteiger partial charge in [0.05, 0.1) is 10.1 Å². The normalized spacial score (nSPS) is 12.7. The zero-order chi connectivity index (χ0) is 19.4. The van der Waals surface area contributed by atoms with Gasteiger partial charge in [0.25, 0.3) is 11.1 Å². The summed E-state index contributed by atoms with van der Waals surface area (Å²) >= 11 is 2.84. The van der Waals surface area contributed by atoms with Crippen LogP contribution in [-0.4, -0.2) is 31.8 Å². The number of thiophene rings is 1. The van der Waals surface area contributed by atoms with Crippen molar-refractivity contribution in [2.24, 2.45) is 0 Å². The molecule has 1 aromatic carbocycles. The van der Waals surface area contributed by atoms with Gasteiger partial charge in [0.15, 0.2) is 0 Å². The molecule has 2 heterocycles. The topological polar surface area (TPSA) is 59.2 Å². The zero-order valence-corrected chi connectivity index (χ0v) is 17.5. The molecule has 0 aliphatic carbocycles. The Kier molecular flexibility index (Phi) is 6.01. The van der Waals surface area contributed by atoms with Gasteiger partial charge in [-0.2, -0.15) is 0 Å². The lowest BCUT2D eigenvalue weighted by Gasteiger charge is -2.37. The third-order valence-corrected chi connectivity index (χ3v) is 5.80. The molecule has 3 aromatic rings. The Balaban J connectivity index is 1.71. The van der Waals surface area contributed by atoms with Crippen molar-refractivity contribution in [1.29, 1.82) is 0 Å². The molecule has 3 rings (SSSR count). The van der Waals surface area contributed by atoms with Gasteiger partial charge in [0.2, 0.25) is 5.91 Å². The Morgan fingerprint density at radius 1 is 1.19 bits per heavy atom. The van der Waals surface area contributed by atoms with Crippen molar-refractivity contribution in [2.75, 3.05) is 0 Å². The molecule has 0 N–H and O–H groups in total. The number of hydrogen-bond donors (Lipinski definition) is 0. The van der Waals surface area contributed by atoms with E-state index in [0.29, 0.717) is 17.7 Å². The van der Waals surface area contributed by atoms with Gasteiger partial charge in [-0.25, -0.2) is 0 Å². The first-order valence-corrected chi connectivity index (χ1v) is 10.5. The van der Waals surface area contributed by atoms with Crippen LogP contribution in [0.2, 0.25) is 0 Å². The summed E-state index contributed by atoms with van der Waals surface area (Å²) in [4.78, 5) is 16.0. The first kappa shape index (κ1) is 19.6. The van der Waals surface area contributed by atoms with Crippen LogP contribution in [-0.2, 0) is 11.3 Å². The van der Waals surface area contributed by atoms with E-state index in [-0.39, 0.29) is 16.7 Å². The average Bonchev–Trinajstić information content (AvgIpc) is 3.30. The molecule has 0 fully saturated rings. The highest BCUT2D eigenvalue weighted by atomic mass is 32.2. The van der Waals surface area contributed by atoms with Crippen molar-refractivity contribution in [1.82, 2.24) is 15.1 Å². The fraction of sp³-hybridized carbons (Fsp3) is 0.350. The van der Waals surface area contributed by atoms with E-state index in [9.17, 15) is 4.79 Å². The Bertz CT molecular complexity index is 870. The number of benzene rings is 1. The number of aromatic nitrogens is 2. The Labute approximate surface area is 167 Å². The first-order valence-electron chi connectivity index (χ1n) is 8.74. The van der Waals surface area contributed by atoms with Crippen LogP contribution in [0.5, 0.6) is 0 Å². The van der Waals surface area contributed by atoms with Crippen molar-refractivity contribution in [3.63, 3.8) is 0 Å². The van der Waals surface area contributed by atoms with Gasteiger partial charge in [-0.1, -0.05) is 48.2 Å². The lowest BCUT2D eigenvalue weighted by molar-refractivity contribution is -0.135. The molecule has 7 heteroatoms. The van der Waals surface area contributed by atoms with Crippen molar-refractivity contribution < 1.29 is 9.21 Å². The zero-order valence-electron chi connectivity index (χ0n) is 15.9. The summed E-state index contributed by atoms with van der Waals surface area (Å²) in [5, 5.41) is 10.2. The number of nitrogens with zero attached hydrogens (tertiary/aromatic N) is 3. The van der Waals surface area contributed by atoms with Gasteiger partial charge in [-0.05, 0) is 44.7 Å². The quantitative estimate of drug-likeness (QED) is 0.538. The SMILES string of the molecule is C[C@@H](Sc1nnc(-c2cccs2)o1)C(=O)N(Cc1ccccc1)C(C)(C)C. The maximum absolute atomic E-state index is 13.2. The van der Waals surface area contributed by atoms with Gasteiger partial charge in [-0.15, -0.1) is 21.5 Å². The lowest BCUT2D eigenvalue weighted by Crippen LogP contribution is -2.48. The van der Waals surface area contributed by atoms with Crippen LogP contribution in [0.1, 0.15) is 33.3 Å². The minimum atomic E-state index is -0.329. The van der Waals surface area contributed by atoms with Gasteiger partial charge < -0.3 is 9.32 Å². The predicted molar refractivity (Wildman–Crippen MR) is 110 cm³/mol. The van der Waals surface area contributed by atoms with Crippen molar-refractivity contribution in [3.8, 4) is 10.8 Å². The van der Waals surface area contributed by atoms with Gasteiger partial charge >= 0.3 is 0 Å². The molecule has 142 valence electrons. The third-order valence-electron chi connectivity index (χ3n) is 4.02. The molecule has 27 heavy (non-hydrogen) atoms. The molecule has 0 radical (unpaired) electrons. The molecule has 1 amide bonds. The largest absolute Gasteiger partial charge is 0.410 e. The maximum Gasteiger partial charge on any atom is 0.277 e. The van der Waals surface area contributed by atoms with E-state index in [0.717, 1.165) is 10.4 Å². The fourth-order valence-electron chi connectivity index (χ4n) is 2.59. The molecule has 1 atom stereocenters. The van der Waals surface area contributed by atoms with Crippen LogP contribution in [0, 0.1) is 0 Å². The highest BCUT2D eigenvalue weighted by molar-refractivity contribution is 8.00. The van der Waals surface area contributed by atoms with E-state index in [2.05, 4.69) is 10.2 Å². The number of thioether (sulfide) groups is 1. The predicted octanol–water partition coefficient (Wildman–Crippen LogP) is 5.11. The van der Waals surface area contributed by atoms with E-state index in [4.69, 9.17) is 4.42 Å². The molecule has 0 unspecified atom stereocenters. The van der Waals surface area contributed by atoms with Crippen LogP contribution in [0.4, 0.5) is 0 Å². The molecule has 0 saturated carbocycles. The third kappa shape index (κ3) is 4.99. The van der Waals surface area contributed by atoms with Crippen molar-refractivity contribution >= 4 is 29.0 Å². The monoisotopic (exact) mass is 401 g/mol. The summed E-state index contributed by atoms with van der Waals surface area (Å²) in [5.41, 5.74) is 0.814. The molecule has 0 spiro atoms. The number of amides is 1. The van der Waals surface area contributed by atoms with Crippen molar-refractivity contribution in [3.05, 3.63) is 53.4 Å². The number of carbonyl (C=O) groups excluding carboxylic acids is 1. The number of hydrogen-bond acceptors (Lipinski definition) is 6. The Hall–Kier alpha value is -2.12. The minimum absolute atomic E-state index is 0.0484. The van der Waals surface area contributed by atoms with Crippen molar-refractivity contribution in [2.45, 2.75) is 50.3 Å². The second-order valence-electron chi connectivity index (χ2n) is 7.19. The van der Waals surface area contributed by atoms with E-state index in [1.54, 1.807) is 11.3 Å². The first-order chi connectivity index (χ1) is 12.8. The highest BCUT2D eigenvalue weighted by Crippen LogP contribution is 2.30. The summed E-state index contributed by atoms with van der Waals surface area (Å²) in [6, 6.07) is 13.9. The lowest BCUT2D eigenvalue weighted by atomic mass is 10.0. The second-order valence-corrected chi connectivity index (χ2v) is 9.43. The van der Waals surface area contributed by atoms with Crippen LogP contribution in [0.3, 0.4) is 0 Å². The average molecular weight is 402 g/mol. The molecule has 0 saturated heterocycles. The Morgan fingerprint density at radius 3 is 2.56 bits per heavy atom. The van der Waals surface area contributed by atoms with Crippen LogP contribution < -0.4 is 0 Å². The standard InChI is InChI=1S/C20H23N3O2S2/c1-14(27-19-22-21-17(25-19)16-11-8-12-26-16)18(24)23(20(2,3)4)13-15-9-6-5-7-10-15/h5-12,14H,13H2,1-4H3/t14-/m1/s1. The summed E-state index contributed by atoms with van der Waals surface area (Å²) in [5.74, 6) is 0.538. The van der Waals surface area contributed by atoms with Crippen LogP contribution in [0.25, 0.3) is 10.8 Å².